The summed E-state index contributed by atoms with van der Waals surface area (Å²) in [6, 6.07) is 62.4. The van der Waals surface area contributed by atoms with E-state index >= 15 is 0 Å². The summed E-state index contributed by atoms with van der Waals surface area (Å²) in [5.74, 6) is 0.803. The molecule has 0 aliphatic heterocycles. The Hall–Kier alpha value is -6.96. The zero-order valence-corrected chi connectivity index (χ0v) is 36.6. The Morgan fingerprint density at radius 1 is 0.531 bits per heavy atom. The lowest BCUT2D eigenvalue weighted by molar-refractivity contribution is 0.184. The Kier molecular flexibility index (Phi) is 8.23. The van der Waals surface area contributed by atoms with Crippen molar-refractivity contribution in [3.63, 3.8) is 0 Å². The van der Waals surface area contributed by atoms with Crippen LogP contribution in [0.2, 0.25) is 0 Å². The fourth-order valence-electron chi connectivity index (χ4n) is 13.8. The van der Waals surface area contributed by atoms with Gasteiger partial charge >= 0.3 is 0 Å². The van der Waals surface area contributed by atoms with E-state index in [1.54, 1.807) is 5.56 Å². The van der Waals surface area contributed by atoms with Gasteiger partial charge in [-0.1, -0.05) is 214 Å². The number of rotatable bonds is 6. The molecule has 0 saturated heterocycles. The largest absolute Gasteiger partial charge is 0.314 e. The zero-order valence-electron chi connectivity index (χ0n) is 36.6. The molecule has 13 rings (SSSR count). The molecule has 1 nitrogen and oxygen atoms in total. The molecule has 64 heavy (non-hydrogen) atoms. The van der Waals surface area contributed by atoms with Crippen molar-refractivity contribution in [3.8, 4) is 11.1 Å². The van der Waals surface area contributed by atoms with Crippen LogP contribution in [0.3, 0.4) is 0 Å². The first-order valence-electron chi connectivity index (χ1n) is 23.4. The van der Waals surface area contributed by atoms with Crippen molar-refractivity contribution in [3.05, 3.63) is 269 Å². The number of allylic oxidation sites excluding steroid dienone is 12. The van der Waals surface area contributed by atoms with Gasteiger partial charge in [-0.25, -0.2) is 0 Å². The fraction of sp³-hybridized carbons (Fsp3) is 0.175. The predicted octanol–water partition coefficient (Wildman–Crippen LogP) is 15.5. The molecule has 0 aromatic heterocycles. The van der Waals surface area contributed by atoms with Crippen LogP contribution in [0.4, 0.5) is 11.4 Å². The van der Waals surface area contributed by atoms with Crippen molar-refractivity contribution < 1.29 is 0 Å². The van der Waals surface area contributed by atoms with E-state index in [2.05, 4.69) is 237 Å². The van der Waals surface area contributed by atoms with Crippen molar-refractivity contribution in [2.24, 2.45) is 17.8 Å². The zero-order chi connectivity index (χ0) is 42.6. The molecule has 0 saturated carbocycles. The Labute approximate surface area is 377 Å². The van der Waals surface area contributed by atoms with Crippen molar-refractivity contribution in [2.45, 2.75) is 49.4 Å². The number of nitrogens with zero attached hydrogens (tertiary/aromatic N) is 1. The summed E-state index contributed by atoms with van der Waals surface area (Å²) in [4.78, 5) is 2.59. The maximum absolute atomic E-state index is 2.59. The maximum Gasteiger partial charge on any atom is 0.0536 e. The van der Waals surface area contributed by atoms with E-state index in [4.69, 9.17) is 0 Å². The summed E-state index contributed by atoms with van der Waals surface area (Å²) in [6.45, 7) is 4.78. The molecular weight excluding hydrogens is 771 g/mol. The first-order chi connectivity index (χ1) is 31.5. The normalized spacial score (nSPS) is 25.0. The van der Waals surface area contributed by atoms with Crippen LogP contribution < -0.4 is 4.90 Å². The molecule has 308 valence electrons. The van der Waals surface area contributed by atoms with E-state index in [-0.39, 0.29) is 28.1 Å². The number of hydrogen-bond acceptors (Lipinski definition) is 1. The monoisotopic (exact) mass is 821 g/mol. The molecule has 0 amide bonds. The SMILES string of the molecule is CC1(C)c2ccccc2-c2ccc(N(C3=CC=C(C4(c5ccccc5)c5cccc6c5C(c5ccccc5)(C5CC=CC=C65)C5C=CC=CC54)CC3)c3cccc4ccccc34)cc21. The molecule has 0 heterocycles. The van der Waals surface area contributed by atoms with E-state index in [1.807, 2.05) is 0 Å². The summed E-state index contributed by atoms with van der Waals surface area (Å²) >= 11 is 0. The van der Waals surface area contributed by atoms with Gasteiger partial charge in [0.05, 0.1) is 5.69 Å². The second-order valence-corrected chi connectivity index (χ2v) is 19.4. The van der Waals surface area contributed by atoms with Gasteiger partial charge < -0.3 is 4.90 Å². The second-order valence-electron chi connectivity index (χ2n) is 19.4. The lowest BCUT2D eigenvalue weighted by atomic mass is 9.43. The first-order valence-corrected chi connectivity index (χ1v) is 23.4. The lowest BCUT2D eigenvalue weighted by Gasteiger charge is -2.59. The van der Waals surface area contributed by atoms with Crippen LogP contribution >= 0.6 is 0 Å². The maximum atomic E-state index is 2.59. The average Bonchev–Trinajstić information content (AvgIpc) is 3.79. The van der Waals surface area contributed by atoms with Gasteiger partial charge in [0, 0.05) is 44.9 Å². The van der Waals surface area contributed by atoms with Crippen LogP contribution in [-0.2, 0) is 16.2 Å². The van der Waals surface area contributed by atoms with Crippen LogP contribution in [0.5, 0.6) is 0 Å². The van der Waals surface area contributed by atoms with Crippen LogP contribution in [0.25, 0.3) is 27.5 Å². The average molecular weight is 822 g/mol. The summed E-state index contributed by atoms with van der Waals surface area (Å²) in [7, 11) is 0. The number of fused-ring (bicyclic) bond motifs is 9. The highest BCUT2D eigenvalue weighted by Crippen LogP contribution is 2.71. The van der Waals surface area contributed by atoms with Gasteiger partial charge in [-0.05, 0) is 110 Å². The minimum Gasteiger partial charge on any atom is -0.314 e. The number of benzene rings is 7. The van der Waals surface area contributed by atoms with Gasteiger partial charge in [0.25, 0.3) is 0 Å². The van der Waals surface area contributed by atoms with Crippen molar-refractivity contribution in [1.82, 2.24) is 0 Å². The minimum absolute atomic E-state index is 0.101. The second kappa shape index (κ2) is 14.0. The molecule has 5 atom stereocenters. The van der Waals surface area contributed by atoms with E-state index in [0.717, 1.165) is 19.3 Å². The third-order valence-electron chi connectivity index (χ3n) is 16.3. The molecule has 1 heteroatoms. The Morgan fingerprint density at radius 2 is 1.22 bits per heavy atom. The molecular formula is C63H51N. The Morgan fingerprint density at radius 3 is 2.05 bits per heavy atom. The molecule has 5 unspecified atom stereocenters. The van der Waals surface area contributed by atoms with Crippen LogP contribution in [0, 0.1) is 17.8 Å². The highest BCUT2D eigenvalue weighted by atomic mass is 15.2. The van der Waals surface area contributed by atoms with Crippen molar-refractivity contribution in [2.75, 3.05) is 4.90 Å². The molecule has 7 aromatic rings. The highest BCUT2D eigenvalue weighted by Gasteiger charge is 2.65. The summed E-state index contributed by atoms with van der Waals surface area (Å²) < 4.78 is 0. The van der Waals surface area contributed by atoms with Crippen LogP contribution in [0.15, 0.2) is 230 Å². The van der Waals surface area contributed by atoms with Gasteiger partial charge in [0.1, 0.15) is 0 Å². The van der Waals surface area contributed by atoms with Crippen LogP contribution in [0.1, 0.15) is 72.1 Å². The molecule has 0 spiro atoms. The molecule has 0 fully saturated rings. The third-order valence-corrected chi connectivity index (χ3v) is 16.3. The lowest BCUT2D eigenvalue weighted by Crippen LogP contribution is -2.56. The standard InChI is InChI=1S/C63H51N/c1-61(2)53-29-13-11-26-49(53)51-40-39-47(41-58(51)61)64(59-34-17-20-42-19-9-10-25-48(42)59)46-37-35-45(36-38-46)62(43-21-5-3-6-22-43)55-31-15-16-32-56(55)63(44-23-7-4-8-24-44)54-30-14-12-27-50(54)52-28-18-33-57(62)60(52)63/h3-29,31-35,37,39-41,54-56H,30,36,38H2,1-2H3. The number of hydrogen-bond donors (Lipinski definition) is 0. The Balaban J connectivity index is 1.05. The quantitative estimate of drug-likeness (QED) is 0.162. The molecule has 6 aliphatic carbocycles. The van der Waals surface area contributed by atoms with E-state index < -0.39 is 0 Å². The molecule has 0 bridgehead atoms. The summed E-state index contributed by atoms with van der Waals surface area (Å²) in [5, 5.41) is 2.52. The van der Waals surface area contributed by atoms with E-state index in [1.165, 1.54) is 83.5 Å². The molecule has 6 aliphatic rings. The fourth-order valence-corrected chi connectivity index (χ4v) is 13.8. The highest BCUT2D eigenvalue weighted by molar-refractivity contribution is 5.98. The van der Waals surface area contributed by atoms with Gasteiger partial charge in [-0.2, -0.15) is 0 Å². The van der Waals surface area contributed by atoms with Crippen LogP contribution in [-0.4, -0.2) is 0 Å². The van der Waals surface area contributed by atoms with Gasteiger partial charge in [-0.15, -0.1) is 0 Å². The smallest absolute Gasteiger partial charge is 0.0536 e. The van der Waals surface area contributed by atoms with Gasteiger partial charge in [-0.3, -0.25) is 0 Å². The van der Waals surface area contributed by atoms with Gasteiger partial charge in [0.15, 0.2) is 0 Å². The van der Waals surface area contributed by atoms with E-state index in [9.17, 15) is 0 Å². The number of anilines is 2. The summed E-state index contributed by atoms with van der Waals surface area (Å²) in [5.41, 5.74) is 18.9. The predicted molar refractivity (Wildman–Crippen MR) is 267 cm³/mol. The third kappa shape index (κ3) is 4.96. The minimum atomic E-state index is -0.381. The first kappa shape index (κ1) is 37.6. The van der Waals surface area contributed by atoms with Crippen molar-refractivity contribution in [1.29, 1.82) is 0 Å². The van der Waals surface area contributed by atoms with Crippen molar-refractivity contribution >= 4 is 27.7 Å². The van der Waals surface area contributed by atoms with E-state index in [0.29, 0.717) is 5.92 Å². The summed E-state index contributed by atoms with van der Waals surface area (Å²) in [6.07, 6.45) is 25.0. The molecule has 7 aromatic carbocycles. The topological polar surface area (TPSA) is 3.24 Å². The Bertz CT molecular complexity index is 3240. The molecule has 0 N–H and O–H groups in total. The molecule has 0 radical (unpaired) electrons. The van der Waals surface area contributed by atoms with Gasteiger partial charge in [0.2, 0.25) is 0 Å².